The number of hydrogen-bond donors (Lipinski definition) is 3. The van der Waals surface area contributed by atoms with Gasteiger partial charge in [0.15, 0.2) is 0 Å². The molecule has 2 saturated carbocycles. The standard InChI is InChI=1S/C26H33N3O5/c30-22(31)16-29(26(34)24(32)20-15-27-21-14-8-7-13-19(20)21)23(17-9-3-1-4-10-17)25(33)28-18-11-5-2-6-12-18/h7-8,13-15,17-18,23,27H,1-6,9-12,16H2,(H,28,33)(H,30,31)/t23-/m1/s1. The van der Waals surface area contributed by atoms with Crippen LogP contribution >= 0.6 is 0 Å². The summed E-state index contributed by atoms with van der Waals surface area (Å²) in [5.41, 5.74) is 0.897. The van der Waals surface area contributed by atoms with Crippen LogP contribution in [0.4, 0.5) is 0 Å². The Bertz CT molecular complexity index is 1050. The number of aliphatic carboxylic acids is 1. The topological polar surface area (TPSA) is 120 Å². The number of aromatic amines is 1. The number of carbonyl (C=O) groups excluding carboxylic acids is 3. The lowest BCUT2D eigenvalue weighted by Crippen LogP contribution is -2.58. The van der Waals surface area contributed by atoms with Gasteiger partial charge in [-0.05, 0) is 37.7 Å². The maximum absolute atomic E-state index is 13.5. The second kappa shape index (κ2) is 10.8. The molecule has 3 N–H and O–H groups in total. The van der Waals surface area contributed by atoms with E-state index in [0.717, 1.165) is 69.1 Å². The van der Waals surface area contributed by atoms with Gasteiger partial charge in [-0.15, -0.1) is 0 Å². The van der Waals surface area contributed by atoms with E-state index in [0.29, 0.717) is 10.9 Å². The molecule has 1 aromatic heterocycles. The van der Waals surface area contributed by atoms with E-state index in [-0.39, 0.29) is 23.4 Å². The molecule has 34 heavy (non-hydrogen) atoms. The van der Waals surface area contributed by atoms with Crippen molar-refractivity contribution in [1.82, 2.24) is 15.2 Å². The van der Waals surface area contributed by atoms with Gasteiger partial charge in [0.25, 0.3) is 11.7 Å². The predicted octanol–water partition coefficient (Wildman–Crippen LogP) is 3.66. The molecule has 1 aromatic carbocycles. The molecule has 0 unspecified atom stereocenters. The van der Waals surface area contributed by atoms with Crippen LogP contribution < -0.4 is 5.32 Å². The molecule has 2 aliphatic rings. The fraction of sp³-hybridized carbons (Fsp3) is 0.538. The van der Waals surface area contributed by atoms with Gasteiger partial charge in [-0.2, -0.15) is 0 Å². The number of fused-ring (bicyclic) bond motifs is 1. The van der Waals surface area contributed by atoms with E-state index in [9.17, 15) is 24.3 Å². The Kier molecular flexibility index (Phi) is 7.65. The van der Waals surface area contributed by atoms with E-state index in [2.05, 4.69) is 10.3 Å². The number of aromatic nitrogens is 1. The van der Waals surface area contributed by atoms with Crippen molar-refractivity contribution in [2.45, 2.75) is 76.3 Å². The number of nitrogens with one attached hydrogen (secondary N) is 2. The van der Waals surface area contributed by atoms with Crippen LogP contribution in [0.1, 0.15) is 74.6 Å². The number of Topliss-reactive ketones (excluding diaryl/α,β-unsaturated/α-hetero) is 1. The Morgan fingerprint density at radius 3 is 2.29 bits per heavy atom. The maximum Gasteiger partial charge on any atom is 0.323 e. The Labute approximate surface area is 199 Å². The van der Waals surface area contributed by atoms with E-state index >= 15 is 0 Å². The smallest absolute Gasteiger partial charge is 0.323 e. The van der Waals surface area contributed by atoms with Gasteiger partial charge in [0, 0.05) is 23.1 Å². The molecule has 0 saturated heterocycles. The lowest BCUT2D eigenvalue weighted by molar-refractivity contribution is -0.148. The predicted molar refractivity (Wildman–Crippen MR) is 127 cm³/mol. The maximum atomic E-state index is 13.5. The minimum Gasteiger partial charge on any atom is -0.480 e. The van der Waals surface area contributed by atoms with Crippen LogP contribution in [0.2, 0.25) is 0 Å². The normalized spacial score (nSPS) is 18.4. The molecule has 2 fully saturated rings. The summed E-state index contributed by atoms with van der Waals surface area (Å²) < 4.78 is 0. The zero-order chi connectivity index (χ0) is 24.1. The molecule has 0 radical (unpaired) electrons. The fourth-order valence-electron chi connectivity index (χ4n) is 5.54. The number of nitrogens with zero attached hydrogens (tertiary/aromatic N) is 1. The van der Waals surface area contributed by atoms with Gasteiger partial charge in [-0.25, -0.2) is 0 Å². The Morgan fingerprint density at radius 2 is 1.62 bits per heavy atom. The molecule has 0 aliphatic heterocycles. The van der Waals surface area contributed by atoms with Gasteiger partial charge in [-0.1, -0.05) is 56.7 Å². The number of H-pyrrole nitrogens is 1. The number of carboxylic acid groups (broad SMARTS) is 1. The van der Waals surface area contributed by atoms with Crippen molar-refractivity contribution < 1.29 is 24.3 Å². The van der Waals surface area contributed by atoms with Crippen LogP contribution in [0.25, 0.3) is 10.9 Å². The van der Waals surface area contributed by atoms with Gasteiger partial charge in [0.05, 0.1) is 5.56 Å². The summed E-state index contributed by atoms with van der Waals surface area (Å²) in [5, 5.41) is 13.3. The molecular formula is C26H33N3O5. The first kappa shape index (κ1) is 24.0. The highest BCUT2D eigenvalue weighted by Crippen LogP contribution is 2.31. The van der Waals surface area contributed by atoms with Crippen LogP contribution in [-0.4, -0.2) is 57.2 Å². The van der Waals surface area contributed by atoms with Crippen molar-refractivity contribution in [1.29, 1.82) is 0 Å². The zero-order valence-electron chi connectivity index (χ0n) is 19.4. The molecule has 8 heteroatoms. The van der Waals surface area contributed by atoms with Crippen molar-refractivity contribution in [2.24, 2.45) is 5.92 Å². The van der Waals surface area contributed by atoms with E-state index in [1.54, 1.807) is 18.2 Å². The third kappa shape index (κ3) is 5.32. The lowest BCUT2D eigenvalue weighted by Gasteiger charge is -2.38. The molecule has 182 valence electrons. The third-order valence-corrected chi connectivity index (χ3v) is 7.25. The van der Waals surface area contributed by atoms with Crippen LogP contribution in [0.5, 0.6) is 0 Å². The van der Waals surface area contributed by atoms with Gasteiger partial charge >= 0.3 is 5.97 Å². The number of carbonyl (C=O) groups is 4. The molecule has 1 atom stereocenters. The van der Waals surface area contributed by atoms with Gasteiger partial charge < -0.3 is 20.3 Å². The SMILES string of the molecule is O=C(O)CN(C(=O)C(=O)c1c[nH]c2ccccc12)[C@@H](C(=O)NC1CCCCC1)C1CCCCC1. The molecule has 4 rings (SSSR count). The number of rotatable bonds is 8. The highest BCUT2D eigenvalue weighted by molar-refractivity contribution is 6.45. The van der Waals surface area contributed by atoms with Crippen molar-refractivity contribution in [3.05, 3.63) is 36.0 Å². The van der Waals surface area contributed by atoms with Gasteiger partial charge in [0.1, 0.15) is 12.6 Å². The largest absolute Gasteiger partial charge is 0.480 e. The Morgan fingerprint density at radius 1 is 0.971 bits per heavy atom. The average molecular weight is 468 g/mol. The first-order valence-corrected chi connectivity index (χ1v) is 12.4. The quantitative estimate of drug-likeness (QED) is 0.404. The molecule has 0 spiro atoms. The number of para-hydroxylation sites is 1. The summed E-state index contributed by atoms with van der Waals surface area (Å²) in [6.45, 7) is -0.688. The van der Waals surface area contributed by atoms with E-state index in [1.165, 1.54) is 6.20 Å². The molecule has 2 aliphatic carbocycles. The first-order valence-electron chi connectivity index (χ1n) is 12.4. The monoisotopic (exact) mass is 467 g/mol. The Hall–Kier alpha value is -3.16. The molecule has 2 aromatic rings. The second-order valence-corrected chi connectivity index (χ2v) is 9.59. The van der Waals surface area contributed by atoms with E-state index in [1.807, 2.05) is 6.07 Å². The van der Waals surface area contributed by atoms with Crippen molar-refractivity contribution in [3.8, 4) is 0 Å². The average Bonchev–Trinajstić information content (AvgIpc) is 3.28. The van der Waals surface area contributed by atoms with Crippen LogP contribution in [0.15, 0.2) is 30.5 Å². The lowest BCUT2D eigenvalue weighted by atomic mass is 9.82. The van der Waals surface area contributed by atoms with Crippen molar-refractivity contribution in [2.75, 3.05) is 6.54 Å². The second-order valence-electron chi connectivity index (χ2n) is 9.59. The van der Waals surface area contributed by atoms with Crippen LogP contribution in [0.3, 0.4) is 0 Å². The minimum absolute atomic E-state index is 0.0263. The van der Waals surface area contributed by atoms with Crippen LogP contribution in [0, 0.1) is 5.92 Å². The van der Waals surface area contributed by atoms with Crippen molar-refractivity contribution in [3.63, 3.8) is 0 Å². The number of carboxylic acids is 1. The zero-order valence-corrected chi connectivity index (χ0v) is 19.4. The summed E-state index contributed by atoms with van der Waals surface area (Å²) in [6, 6.07) is 6.18. The molecule has 2 amide bonds. The summed E-state index contributed by atoms with van der Waals surface area (Å²) >= 11 is 0. The van der Waals surface area contributed by atoms with Crippen molar-refractivity contribution >= 4 is 34.5 Å². The summed E-state index contributed by atoms with van der Waals surface area (Å²) in [7, 11) is 0. The minimum atomic E-state index is -1.24. The number of hydrogen-bond acceptors (Lipinski definition) is 4. The Balaban J connectivity index is 1.64. The number of amides is 2. The summed E-state index contributed by atoms with van der Waals surface area (Å²) in [6.07, 6.45) is 10.8. The van der Waals surface area contributed by atoms with Crippen LogP contribution in [-0.2, 0) is 14.4 Å². The molecule has 1 heterocycles. The van der Waals surface area contributed by atoms with E-state index < -0.39 is 30.2 Å². The fourth-order valence-corrected chi connectivity index (χ4v) is 5.54. The molecular weight excluding hydrogens is 434 g/mol. The summed E-state index contributed by atoms with van der Waals surface area (Å²) in [4.78, 5) is 56.2. The summed E-state index contributed by atoms with van der Waals surface area (Å²) in [5.74, 6) is -3.49. The molecule has 0 bridgehead atoms. The number of benzene rings is 1. The highest BCUT2D eigenvalue weighted by atomic mass is 16.4. The van der Waals surface area contributed by atoms with Gasteiger partial charge in [0.2, 0.25) is 5.91 Å². The highest BCUT2D eigenvalue weighted by Gasteiger charge is 2.41. The number of ketones is 1. The third-order valence-electron chi connectivity index (χ3n) is 7.25. The van der Waals surface area contributed by atoms with Gasteiger partial charge in [-0.3, -0.25) is 19.2 Å². The molecule has 8 nitrogen and oxygen atoms in total. The van der Waals surface area contributed by atoms with E-state index in [4.69, 9.17) is 0 Å². The first-order chi connectivity index (χ1) is 16.5.